The van der Waals surface area contributed by atoms with Crippen molar-refractivity contribution in [3.63, 3.8) is 0 Å². The van der Waals surface area contributed by atoms with Gasteiger partial charge in [-0.1, -0.05) is 32.9 Å². The second kappa shape index (κ2) is 7.52. The van der Waals surface area contributed by atoms with Crippen molar-refractivity contribution in [3.8, 4) is 5.75 Å². The van der Waals surface area contributed by atoms with E-state index in [9.17, 15) is 4.79 Å². The Morgan fingerprint density at radius 1 is 1.26 bits per heavy atom. The molecule has 5 nitrogen and oxygen atoms in total. The zero-order chi connectivity index (χ0) is 22.8. The summed E-state index contributed by atoms with van der Waals surface area (Å²) in [4.78, 5) is 12.7. The predicted molar refractivity (Wildman–Crippen MR) is 121 cm³/mol. The number of hydrogen-bond acceptors (Lipinski definition) is 5. The van der Waals surface area contributed by atoms with E-state index in [1.54, 1.807) is 13.2 Å². The average Bonchev–Trinajstić information content (AvgIpc) is 3.03. The van der Waals surface area contributed by atoms with Gasteiger partial charge in [-0.25, -0.2) is 4.79 Å². The lowest BCUT2D eigenvalue weighted by atomic mass is 9.43. The Balaban J connectivity index is 1.50. The Labute approximate surface area is 187 Å². The van der Waals surface area contributed by atoms with Gasteiger partial charge >= 0.3 is 13.1 Å². The lowest BCUT2D eigenvalue weighted by molar-refractivity contribution is -0.199. The highest BCUT2D eigenvalue weighted by atomic mass is 16.7. The Bertz CT molecular complexity index is 860. The van der Waals surface area contributed by atoms with Gasteiger partial charge in [0.15, 0.2) is 0 Å². The summed E-state index contributed by atoms with van der Waals surface area (Å²) in [6, 6.07) is 5.65. The summed E-state index contributed by atoms with van der Waals surface area (Å²) in [7, 11) is 1.35. The van der Waals surface area contributed by atoms with Crippen LogP contribution in [0, 0.1) is 17.3 Å². The minimum atomic E-state index is -0.558. The molecule has 0 amide bonds. The van der Waals surface area contributed by atoms with Crippen LogP contribution in [-0.2, 0) is 20.5 Å². The van der Waals surface area contributed by atoms with Gasteiger partial charge < -0.3 is 18.8 Å². The molecule has 0 radical (unpaired) electrons. The molecule has 1 saturated heterocycles. The number of carbonyl (C=O) groups is 1. The Morgan fingerprint density at radius 2 is 1.97 bits per heavy atom. The molecular weight excluding hydrogens is 391 g/mol. The van der Waals surface area contributed by atoms with Crippen molar-refractivity contribution in [2.75, 3.05) is 7.11 Å². The first-order valence-corrected chi connectivity index (χ1v) is 11.6. The number of rotatable bonds is 5. The maximum Gasteiger partial charge on any atom is 0.461 e. The molecule has 0 N–H and O–H groups in total. The van der Waals surface area contributed by atoms with Crippen molar-refractivity contribution in [2.24, 2.45) is 17.3 Å². The molecule has 31 heavy (non-hydrogen) atoms. The predicted octanol–water partition coefficient (Wildman–Crippen LogP) is 5.31. The molecule has 1 unspecified atom stereocenters. The number of esters is 1. The highest BCUT2D eigenvalue weighted by molar-refractivity contribution is 6.47. The topological polar surface area (TPSA) is 54.0 Å². The Morgan fingerprint density at radius 3 is 2.58 bits per heavy atom. The molecule has 4 aliphatic rings. The molecule has 6 heteroatoms. The molecular formula is C25H37BO5. The molecule has 1 aromatic carbocycles. The molecule has 1 aliphatic heterocycles. The van der Waals surface area contributed by atoms with Crippen LogP contribution >= 0.6 is 0 Å². The molecule has 0 aromatic heterocycles. The number of benzene rings is 1. The van der Waals surface area contributed by atoms with Gasteiger partial charge in [0.05, 0.1) is 18.8 Å². The monoisotopic (exact) mass is 428 g/mol. The van der Waals surface area contributed by atoms with Crippen molar-refractivity contribution in [1.82, 2.24) is 0 Å². The molecule has 3 aliphatic carbocycles. The Hall–Kier alpha value is -1.53. The van der Waals surface area contributed by atoms with Gasteiger partial charge in [0, 0.05) is 0 Å². The molecule has 170 valence electrons. The molecule has 0 spiro atoms. The number of methoxy groups -OCH3 is 1. The number of hydrogen-bond donors (Lipinski definition) is 0. The van der Waals surface area contributed by atoms with Crippen LogP contribution in [0.3, 0.4) is 0 Å². The first-order chi connectivity index (χ1) is 14.4. The highest BCUT2D eigenvalue weighted by Crippen LogP contribution is 2.66. The van der Waals surface area contributed by atoms with Gasteiger partial charge in [0.25, 0.3) is 0 Å². The zero-order valence-corrected chi connectivity index (χ0v) is 20.3. The number of ether oxygens (including phenoxy) is 2. The van der Waals surface area contributed by atoms with Crippen molar-refractivity contribution in [3.05, 3.63) is 29.3 Å². The van der Waals surface area contributed by atoms with Gasteiger partial charge in [-0.2, -0.15) is 0 Å². The lowest BCUT2D eigenvalue weighted by Gasteiger charge is -2.64. The van der Waals surface area contributed by atoms with Gasteiger partial charge in [0.1, 0.15) is 16.9 Å². The third-order valence-electron chi connectivity index (χ3n) is 7.89. The van der Waals surface area contributed by atoms with Gasteiger partial charge in [0.2, 0.25) is 0 Å². The molecule has 1 aromatic rings. The lowest BCUT2D eigenvalue weighted by Crippen LogP contribution is -2.65. The van der Waals surface area contributed by atoms with E-state index in [0.29, 0.717) is 29.1 Å². The first kappa shape index (κ1) is 22.7. The number of para-hydroxylation sites is 1. The average molecular weight is 428 g/mol. The van der Waals surface area contributed by atoms with Gasteiger partial charge in [-0.05, 0) is 81.7 Å². The van der Waals surface area contributed by atoms with E-state index in [0.717, 1.165) is 17.9 Å². The minimum Gasteiger partial charge on any atom is -0.496 e. The first-order valence-electron chi connectivity index (χ1n) is 11.6. The second-order valence-corrected chi connectivity index (χ2v) is 11.5. The molecule has 4 fully saturated rings. The van der Waals surface area contributed by atoms with E-state index in [1.165, 1.54) is 6.42 Å². The maximum atomic E-state index is 12.7. The zero-order valence-electron chi connectivity index (χ0n) is 20.3. The van der Waals surface area contributed by atoms with E-state index in [-0.39, 0.29) is 30.6 Å². The molecule has 5 atom stereocenters. The van der Waals surface area contributed by atoms with Gasteiger partial charge in [-0.3, -0.25) is 0 Å². The van der Waals surface area contributed by atoms with Crippen LogP contribution in [0.4, 0.5) is 0 Å². The third-order valence-corrected chi connectivity index (χ3v) is 7.89. The van der Waals surface area contributed by atoms with E-state index in [2.05, 4.69) is 27.7 Å². The summed E-state index contributed by atoms with van der Waals surface area (Å²) in [6.07, 6.45) is 3.20. The molecule has 5 rings (SSSR count). The quantitative estimate of drug-likeness (QED) is 0.470. The van der Waals surface area contributed by atoms with Crippen LogP contribution in [0.5, 0.6) is 5.75 Å². The van der Waals surface area contributed by atoms with Crippen LogP contribution in [0.2, 0.25) is 5.82 Å². The maximum absolute atomic E-state index is 12.7. The molecule has 3 saturated carbocycles. The highest BCUT2D eigenvalue weighted by Gasteiger charge is 2.68. The van der Waals surface area contributed by atoms with Crippen LogP contribution < -0.4 is 4.74 Å². The molecule has 2 bridgehead atoms. The van der Waals surface area contributed by atoms with Crippen LogP contribution in [0.25, 0.3) is 0 Å². The summed E-state index contributed by atoms with van der Waals surface area (Å²) in [5.74, 6) is 1.62. The third kappa shape index (κ3) is 3.80. The SMILES string of the molecule is COc1c(C[C@@H](C)B2OC3C[C@@H]4C[C@@H](C4(C)C)[C@]3(C)O2)cccc1C(=O)OC(C)(C)C. The van der Waals surface area contributed by atoms with Crippen LogP contribution in [0.1, 0.15) is 77.2 Å². The van der Waals surface area contributed by atoms with E-state index < -0.39 is 5.60 Å². The fourth-order valence-corrected chi connectivity index (χ4v) is 6.07. The van der Waals surface area contributed by atoms with Crippen molar-refractivity contribution < 1.29 is 23.6 Å². The fourth-order valence-electron chi connectivity index (χ4n) is 6.07. The fraction of sp³-hybridized carbons (Fsp3) is 0.720. The normalized spacial score (nSPS) is 32.1. The minimum absolute atomic E-state index is 0.130. The standard InChI is InChI=1S/C25H37BO5/c1-15(26-30-20-14-17-13-19(24(17,5)6)25(20,7)31-26)12-16-10-9-11-18(21(16)28-8)22(27)29-23(2,3)4/h9-11,15,17,19-20H,12-14H2,1-8H3/t15-,17+,19+,20?,25+/m1/s1. The largest absolute Gasteiger partial charge is 0.496 e. The van der Waals surface area contributed by atoms with Crippen molar-refractivity contribution in [1.29, 1.82) is 0 Å². The summed E-state index contributed by atoms with van der Waals surface area (Å²) in [5, 5.41) is 0. The summed E-state index contributed by atoms with van der Waals surface area (Å²) < 4.78 is 24.3. The second-order valence-electron chi connectivity index (χ2n) is 11.5. The van der Waals surface area contributed by atoms with Crippen LogP contribution in [-0.4, -0.2) is 37.5 Å². The number of carbonyl (C=O) groups excluding carboxylic acids is 1. The van der Waals surface area contributed by atoms with Gasteiger partial charge in [-0.15, -0.1) is 0 Å². The van der Waals surface area contributed by atoms with E-state index >= 15 is 0 Å². The smallest absolute Gasteiger partial charge is 0.461 e. The Kier molecular flexibility index (Phi) is 5.49. The van der Waals surface area contributed by atoms with E-state index in [1.807, 2.05) is 32.9 Å². The van der Waals surface area contributed by atoms with E-state index in [4.69, 9.17) is 18.8 Å². The van der Waals surface area contributed by atoms with Crippen molar-refractivity contribution in [2.45, 2.75) is 90.9 Å². The van der Waals surface area contributed by atoms with Crippen molar-refractivity contribution >= 4 is 13.1 Å². The summed E-state index contributed by atoms with van der Waals surface area (Å²) >= 11 is 0. The summed E-state index contributed by atoms with van der Waals surface area (Å²) in [5.41, 5.74) is 0.989. The van der Waals surface area contributed by atoms with Crippen LogP contribution in [0.15, 0.2) is 18.2 Å². The summed E-state index contributed by atoms with van der Waals surface area (Å²) in [6.45, 7) is 14.7. The molecule has 1 heterocycles.